The zero-order valence-electron chi connectivity index (χ0n) is 17.7. The molecule has 0 bridgehead atoms. The minimum atomic E-state index is 0.0648. The van der Waals surface area contributed by atoms with E-state index in [0.717, 1.165) is 39.0 Å². The van der Waals surface area contributed by atoms with E-state index in [0.29, 0.717) is 18.1 Å². The van der Waals surface area contributed by atoms with Gasteiger partial charge in [0.1, 0.15) is 6.61 Å². The molecule has 0 saturated carbocycles. The molecular weight excluding hydrogens is 396 g/mol. The Morgan fingerprint density at radius 2 is 1.28 bits per heavy atom. The fourth-order valence-corrected chi connectivity index (χ4v) is 4.08. The molecule has 0 unspecified atom stereocenters. The standard InChI is InChI=1S/C29H22O3/c1-31-27-16-15-21(18-28(27)32-19-20-9-3-2-4-10-20)17-26-22-11-5-7-13-24(22)29(30)25-14-8-6-12-23(25)26/h2-18H,19H2,1H3. The van der Waals surface area contributed by atoms with Crippen LogP contribution in [0.4, 0.5) is 0 Å². The van der Waals surface area contributed by atoms with E-state index in [2.05, 4.69) is 6.08 Å². The summed E-state index contributed by atoms with van der Waals surface area (Å²) in [6.45, 7) is 0.456. The van der Waals surface area contributed by atoms with Crippen LogP contribution in [0.1, 0.15) is 38.2 Å². The molecule has 0 heterocycles. The quantitative estimate of drug-likeness (QED) is 0.331. The van der Waals surface area contributed by atoms with E-state index in [4.69, 9.17) is 9.47 Å². The number of fused-ring (bicyclic) bond motifs is 2. The normalized spacial score (nSPS) is 12.0. The average molecular weight is 418 g/mol. The Morgan fingerprint density at radius 3 is 1.91 bits per heavy atom. The Labute approximate surface area is 187 Å². The van der Waals surface area contributed by atoms with Gasteiger partial charge >= 0.3 is 0 Å². The summed E-state index contributed by atoms with van der Waals surface area (Å²) >= 11 is 0. The van der Waals surface area contributed by atoms with E-state index in [1.807, 2.05) is 97.1 Å². The molecular formula is C29H22O3. The summed E-state index contributed by atoms with van der Waals surface area (Å²) in [6.07, 6.45) is 2.11. The summed E-state index contributed by atoms with van der Waals surface area (Å²) < 4.78 is 11.6. The molecule has 0 spiro atoms. The van der Waals surface area contributed by atoms with Crippen LogP contribution in [0.15, 0.2) is 97.1 Å². The van der Waals surface area contributed by atoms with Crippen molar-refractivity contribution in [3.63, 3.8) is 0 Å². The van der Waals surface area contributed by atoms with Gasteiger partial charge in [-0.15, -0.1) is 0 Å². The highest BCUT2D eigenvalue weighted by Crippen LogP contribution is 2.38. The Kier molecular flexibility index (Phi) is 5.30. The van der Waals surface area contributed by atoms with Crippen LogP contribution in [0.25, 0.3) is 11.6 Å². The third kappa shape index (κ3) is 3.69. The Bertz CT molecular complexity index is 1270. The molecule has 5 rings (SSSR count). The van der Waals surface area contributed by atoms with Crippen LogP contribution in [0, 0.1) is 0 Å². The van der Waals surface area contributed by atoms with Crippen molar-refractivity contribution in [3.05, 3.63) is 130 Å². The molecule has 32 heavy (non-hydrogen) atoms. The summed E-state index contributed by atoms with van der Waals surface area (Å²) in [5, 5.41) is 0. The molecule has 1 aliphatic carbocycles. The lowest BCUT2D eigenvalue weighted by atomic mass is 9.81. The first kappa shape index (κ1) is 19.8. The van der Waals surface area contributed by atoms with Gasteiger partial charge in [0.05, 0.1) is 7.11 Å². The maximum Gasteiger partial charge on any atom is 0.194 e. The van der Waals surface area contributed by atoms with E-state index < -0.39 is 0 Å². The lowest BCUT2D eigenvalue weighted by Crippen LogP contribution is -2.14. The zero-order valence-corrected chi connectivity index (χ0v) is 17.7. The Hall–Kier alpha value is -4.11. The van der Waals surface area contributed by atoms with Crippen LogP contribution in [0.2, 0.25) is 0 Å². The first-order valence-electron chi connectivity index (χ1n) is 10.5. The summed E-state index contributed by atoms with van der Waals surface area (Å²) in [5.41, 5.74) is 6.43. The van der Waals surface area contributed by atoms with Crippen molar-refractivity contribution in [1.82, 2.24) is 0 Å². The summed E-state index contributed by atoms with van der Waals surface area (Å²) in [5.74, 6) is 1.43. The maximum atomic E-state index is 13.0. The number of methoxy groups -OCH3 is 1. The number of carbonyl (C=O) groups excluding carboxylic acids is 1. The molecule has 0 atom stereocenters. The van der Waals surface area contributed by atoms with Crippen LogP contribution >= 0.6 is 0 Å². The molecule has 3 nitrogen and oxygen atoms in total. The van der Waals surface area contributed by atoms with Crippen molar-refractivity contribution in [1.29, 1.82) is 0 Å². The second-order valence-electron chi connectivity index (χ2n) is 7.66. The maximum absolute atomic E-state index is 13.0. The molecule has 0 fully saturated rings. The summed E-state index contributed by atoms with van der Waals surface area (Å²) in [7, 11) is 1.64. The predicted molar refractivity (Wildman–Crippen MR) is 127 cm³/mol. The van der Waals surface area contributed by atoms with Crippen LogP contribution in [-0.2, 0) is 6.61 Å². The lowest BCUT2D eigenvalue weighted by molar-refractivity contribution is 0.103. The van der Waals surface area contributed by atoms with Gasteiger partial charge in [0.25, 0.3) is 0 Å². The van der Waals surface area contributed by atoms with Gasteiger partial charge < -0.3 is 9.47 Å². The largest absolute Gasteiger partial charge is 0.493 e. The molecule has 0 aliphatic heterocycles. The first-order valence-corrected chi connectivity index (χ1v) is 10.5. The SMILES string of the molecule is COc1ccc(C=C2c3ccccc3C(=O)c3ccccc32)cc1OCc1ccccc1. The minimum absolute atomic E-state index is 0.0648. The number of hydrogen-bond acceptors (Lipinski definition) is 3. The number of ether oxygens (including phenoxy) is 2. The lowest BCUT2D eigenvalue weighted by Gasteiger charge is -2.21. The van der Waals surface area contributed by atoms with Crippen LogP contribution in [0.5, 0.6) is 11.5 Å². The molecule has 4 aromatic rings. The molecule has 4 aromatic carbocycles. The summed E-state index contributed by atoms with van der Waals surface area (Å²) in [6, 6.07) is 31.5. The Balaban J connectivity index is 1.57. The average Bonchev–Trinajstić information content (AvgIpc) is 2.86. The van der Waals surface area contributed by atoms with Gasteiger partial charge in [0.2, 0.25) is 0 Å². The van der Waals surface area contributed by atoms with Gasteiger partial charge in [-0.2, -0.15) is 0 Å². The minimum Gasteiger partial charge on any atom is -0.493 e. The van der Waals surface area contributed by atoms with E-state index in [1.54, 1.807) is 7.11 Å². The Morgan fingerprint density at radius 1 is 0.688 bits per heavy atom. The van der Waals surface area contributed by atoms with E-state index in [-0.39, 0.29) is 5.78 Å². The van der Waals surface area contributed by atoms with Gasteiger partial charge in [0, 0.05) is 11.1 Å². The van der Waals surface area contributed by atoms with Crippen LogP contribution < -0.4 is 9.47 Å². The fraction of sp³-hybridized carbons (Fsp3) is 0.0690. The van der Waals surface area contributed by atoms with Crippen molar-refractivity contribution in [2.45, 2.75) is 6.61 Å². The molecule has 0 saturated heterocycles. The molecule has 0 radical (unpaired) electrons. The van der Waals surface area contributed by atoms with Crippen molar-refractivity contribution in [2.75, 3.05) is 7.11 Å². The number of hydrogen-bond donors (Lipinski definition) is 0. The molecule has 1 aliphatic rings. The van der Waals surface area contributed by atoms with Gasteiger partial charge in [-0.05, 0) is 46.0 Å². The number of benzene rings is 4. The van der Waals surface area contributed by atoms with Crippen molar-refractivity contribution in [3.8, 4) is 11.5 Å². The fourth-order valence-electron chi connectivity index (χ4n) is 4.08. The highest BCUT2D eigenvalue weighted by Gasteiger charge is 2.26. The third-order valence-corrected chi connectivity index (χ3v) is 5.66. The van der Waals surface area contributed by atoms with E-state index in [9.17, 15) is 4.79 Å². The topological polar surface area (TPSA) is 35.5 Å². The van der Waals surface area contributed by atoms with Crippen molar-refractivity contribution >= 4 is 17.4 Å². The van der Waals surface area contributed by atoms with Gasteiger partial charge in [-0.25, -0.2) is 0 Å². The monoisotopic (exact) mass is 418 g/mol. The highest BCUT2D eigenvalue weighted by atomic mass is 16.5. The zero-order chi connectivity index (χ0) is 21.9. The molecule has 0 N–H and O–H groups in total. The van der Waals surface area contributed by atoms with Gasteiger partial charge in [-0.1, -0.05) is 84.9 Å². The van der Waals surface area contributed by atoms with Gasteiger partial charge in [-0.3, -0.25) is 4.79 Å². The molecule has 156 valence electrons. The van der Waals surface area contributed by atoms with Crippen LogP contribution in [0.3, 0.4) is 0 Å². The van der Waals surface area contributed by atoms with Gasteiger partial charge in [0.15, 0.2) is 17.3 Å². The smallest absolute Gasteiger partial charge is 0.194 e. The summed E-state index contributed by atoms with van der Waals surface area (Å²) in [4.78, 5) is 13.0. The van der Waals surface area contributed by atoms with Crippen molar-refractivity contribution in [2.24, 2.45) is 0 Å². The second-order valence-corrected chi connectivity index (χ2v) is 7.66. The third-order valence-electron chi connectivity index (χ3n) is 5.66. The highest BCUT2D eigenvalue weighted by molar-refractivity contribution is 6.20. The van der Waals surface area contributed by atoms with Crippen molar-refractivity contribution < 1.29 is 14.3 Å². The number of ketones is 1. The molecule has 3 heteroatoms. The number of carbonyl (C=O) groups is 1. The molecule has 0 amide bonds. The van der Waals surface area contributed by atoms with Crippen LogP contribution in [-0.4, -0.2) is 12.9 Å². The van der Waals surface area contributed by atoms with E-state index >= 15 is 0 Å². The molecule has 0 aromatic heterocycles. The predicted octanol–water partition coefficient (Wildman–Crippen LogP) is 6.41. The number of rotatable bonds is 5. The van der Waals surface area contributed by atoms with E-state index in [1.165, 1.54) is 0 Å². The first-order chi connectivity index (χ1) is 15.7. The second kappa shape index (κ2) is 8.56.